The summed E-state index contributed by atoms with van der Waals surface area (Å²) in [5.41, 5.74) is 5.49. The van der Waals surface area contributed by atoms with E-state index in [1.807, 2.05) is 4.68 Å². The summed E-state index contributed by atoms with van der Waals surface area (Å²) in [5.74, 6) is 0.934. The average Bonchev–Trinajstić information content (AvgIpc) is 2.82. The number of hydrogen-bond donors (Lipinski definition) is 1. The molecule has 1 aromatic heterocycles. The van der Waals surface area contributed by atoms with Gasteiger partial charge < -0.3 is 10.5 Å². The van der Waals surface area contributed by atoms with Crippen LogP contribution in [-0.4, -0.2) is 64.5 Å². The maximum Gasteiger partial charge on any atom is 0.151 e. The minimum Gasteiger partial charge on any atom is -0.379 e. The summed E-state index contributed by atoms with van der Waals surface area (Å²) in [7, 11) is 0. The first-order valence-electron chi connectivity index (χ1n) is 6.15. The fraction of sp³-hybridized carbons (Fsp3) is 0.900. The van der Waals surface area contributed by atoms with Gasteiger partial charge in [0.15, 0.2) is 5.82 Å². The van der Waals surface area contributed by atoms with Gasteiger partial charge in [-0.05, 0) is 23.4 Å². The van der Waals surface area contributed by atoms with E-state index < -0.39 is 0 Å². The summed E-state index contributed by atoms with van der Waals surface area (Å²) < 4.78 is 7.19. The summed E-state index contributed by atoms with van der Waals surface area (Å²) >= 11 is 0. The standard InChI is InChI=1S/C10H20N6O/c11-3-1-2-10-12-13-14-16(10)5-4-15-6-8-17-9-7-15/h1-9,11H2. The van der Waals surface area contributed by atoms with Crippen molar-refractivity contribution in [1.29, 1.82) is 0 Å². The van der Waals surface area contributed by atoms with E-state index in [9.17, 15) is 0 Å². The van der Waals surface area contributed by atoms with Gasteiger partial charge in [-0.3, -0.25) is 4.90 Å². The van der Waals surface area contributed by atoms with Crippen LogP contribution in [0.1, 0.15) is 12.2 Å². The molecule has 0 saturated carbocycles. The predicted octanol–water partition coefficient (Wildman–Crippen LogP) is -1.10. The van der Waals surface area contributed by atoms with Crippen LogP contribution in [-0.2, 0) is 17.7 Å². The van der Waals surface area contributed by atoms with E-state index in [0.717, 1.165) is 58.1 Å². The topological polar surface area (TPSA) is 82.1 Å². The summed E-state index contributed by atoms with van der Waals surface area (Å²) in [6, 6.07) is 0. The van der Waals surface area contributed by atoms with Crippen molar-refractivity contribution in [2.45, 2.75) is 19.4 Å². The Kier molecular flexibility index (Phi) is 4.84. The molecule has 96 valence electrons. The predicted molar refractivity (Wildman–Crippen MR) is 62.5 cm³/mol. The van der Waals surface area contributed by atoms with E-state index in [4.69, 9.17) is 10.5 Å². The van der Waals surface area contributed by atoms with Crippen LogP contribution in [0, 0.1) is 0 Å². The SMILES string of the molecule is NCCCc1nnnn1CCN1CCOCC1. The Balaban J connectivity index is 1.79. The highest BCUT2D eigenvalue weighted by Crippen LogP contribution is 2.00. The number of ether oxygens (including phenoxy) is 1. The Labute approximate surface area is 101 Å². The number of hydrogen-bond acceptors (Lipinski definition) is 6. The highest BCUT2D eigenvalue weighted by atomic mass is 16.5. The fourth-order valence-electron chi connectivity index (χ4n) is 1.90. The molecule has 0 amide bonds. The molecular weight excluding hydrogens is 220 g/mol. The molecule has 0 bridgehead atoms. The molecule has 1 saturated heterocycles. The van der Waals surface area contributed by atoms with Gasteiger partial charge in [0.25, 0.3) is 0 Å². The summed E-state index contributed by atoms with van der Waals surface area (Å²) in [6.45, 7) is 6.15. The second kappa shape index (κ2) is 6.63. The monoisotopic (exact) mass is 240 g/mol. The number of rotatable bonds is 6. The Morgan fingerprint density at radius 2 is 2.06 bits per heavy atom. The molecule has 17 heavy (non-hydrogen) atoms. The largest absolute Gasteiger partial charge is 0.379 e. The molecule has 1 fully saturated rings. The van der Waals surface area contributed by atoms with E-state index in [1.54, 1.807) is 0 Å². The molecule has 0 unspecified atom stereocenters. The van der Waals surface area contributed by atoms with Crippen molar-refractivity contribution in [1.82, 2.24) is 25.1 Å². The van der Waals surface area contributed by atoms with Crippen LogP contribution in [0.15, 0.2) is 0 Å². The quantitative estimate of drug-likeness (QED) is 0.679. The molecule has 0 radical (unpaired) electrons. The molecule has 2 heterocycles. The molecular formula is C10H20N6O. The smallest absolute Gasteiger partial charge is 0.151 e. The van der Waals surface area contributed by atoms with Crippen molar-refractivity contribution in [2.24, 2.45) is 5.73 Å². The van der Waals surface area contributed by atoms with Crippen LogP contribution in [0.4, 0.5) is 0 Å². The molecule has 1 aliphatic rings. The molecule has 2 rings (SSSR count). The number of tetrazole rings is 1. The third-order valence-corrected chi connectivity index (χ3v) is 2.94. The lowest BCUT2D eigenvalue weighted by Crippen LogP contribution is -2.38. The second-order valence-electron chi connectivity index (χ2n) is 4.16. The molecule has 2 N–H and O–H groups in total. The van der Waals surface area contributed by atoms with E-state index >= 15 is 0 Å². The van der Waals surface area contributed by atoms with Gasteiger partial charge in [-0.15, -0.1) is 5.10 Å². The summed E-state index contributed by atoms with van der Waals surface area (Å²) in [5, 5.41) is 11.7. The van der Waals surface area contributed by atoms with Gasteiger partial charge in [0, 0.05) is 26.1 Å². The molecule has 0 aliphatic carbocycles. The van der Waals surface area contributed by atoms with Gasteiger partial charge in [0.2, 0.25) is 0 Å². The van der Waals surface area contributed by atoms with Crippen LogP contribution in [0.25, 0.3) is 0 Å². The zero-order chi connectivity index (χ0) is 11.9. The van der Waals surface area contributed by atoms with Gasteiger partial charge in [0.1, 0.15) is 0 Å². The van der Waals surface area contributed by atoms with Crippen LogP contribution in [0.3, 0.4) is 0 Å². The normalized spacial score (nSPS) is 17.5. The van der Waals surface area contributed by atoms with Gasteiger partial charge in [-0.2, -0.15) is 0 Å². The molecule has 0 atom stereocenters. The zero-order valence-electron chi connectivity index (χ0n) is 10.1. The van der Waals surface area contributed by atoms with Crippen LogP contribution in [0.2, 0.25) is 0 Å². The van der Waals surface area contributed by atoms with Crippen LogP contribution < -0.4 is 5.73 Å². The molecule has 0 aromatic carbocycles. The van der Waals surface area contributed by atoms with Gasteiger partial charge in [0.05, 0.1) is 19.8 Å². The maximum absolute atomic E-state index is 5.49. The first-order valence-corrected chi connectivity index (χ1v) is 6.15. The minimum atomic E-state index is 0.677. The van der Waals surface area contributed by atoms with Crippen molar-refractivity contribution >= 4 is 0 Å². The number of nitrogens with two attached hydrogens (primary N) is 1. The van der Waals surface area contributed by atoms with Crippen molar-refractivity contribution in [2.75, 3.05) is 39.4 Å². The van der Waals surface area contributed by atoms with Crippen LogP contribution >= 0.6 is 0 Å². The lowest BCUT2D eigenvalue weighted by atomic mass is 10.3. The Bertz CT molecular complexity index is 322. The highest BCUT2D eigenvalue weighted by molar-refractivity contribution is 4.81. The molecule has 7 nitrogen and oxygen atoms in total. The van der Waals surface area contributed by atoms with Gasteiger partial charge in [-0.1, -0.05) is 0 Å². The second-order valence-corrected chi connectivity index (χ2v) is 4.16. The summed E-state index contributed by atoms with van der Waals surface area (Å²) in [6.07, 6.45) is 1.78. The third-order valence-electron chi connectivity index (χ3n) is 2.94. The molecule has 0 spiro atoms. The molecule has 1 aliphatic heterocycles. The summed E-state index contributed by atoms with van der Waals surface area (Å²) in [4.78, 5) is 2.37. The Morgan fingerprint density at radius 1 is 1.24 bits per heavy atom. The molecule has 1 aromatic rings. The Morgan fingerprint density at radius 3 is 2.82 bits per heavy atom. The highest BCUT2D eigenvalue weighted by Gasteiger charge is 2.11. The Hall–Kier alpha value is -1.05. The van der Waals surface area contributed by atoms with Crippen molar-refractivity contribution < 1.29 is 4.74 Å². The van der Waals surface area contributed by atoms with E-state index in [-0.39, 0.29) is 0 Å². The average molecular weight is 240 g/mol. The number of morpholine rings is 1. The lowest BCUT2D eigenvalue weighted by molar-refractivity contribution is 0.0358. The lowest BCUT2D eigenvalue weighted by Gasteiger charge is -2.26. The number of aryl methyl sites for hydroxylation is 1. The van der Waals surface area contributed by atoms with Gasteiger partial charge in [-0.25, -0.2) is 4.68 Å². The van der Waals surface area contributed by atoms with E-state index in [0.29, 0.717) is 6.54 Å². The van der Waals surface area contributed by atoms with Crippen molar-refractivity contribution in [3.63, 3.8) is 0 Å². The van der Waals surface area contributed by atoms with E-state index in [2.05, 4.69) is 20.4 Å². The van der Waals surface area contributed by atoms with Crippen molar-refractivity contribution in [3.8, 4) is 0 Å². The fourth-order valence-corrected chi connectivity index (χ4v) is 1.90. The van der Waals surface area contributed by atoms with Crippen LogP contribution in [0.5, 0.6) is 0 Å². The molecule has 7 heteroatoms. The zero-order valence-corrected chi connectivity index (χ0v) is 10.1. The first-order chi connectivity index (χ1) is 8.40. The number of nitrogens with zero attached hydrogens (tertiary/aromatic N) is 5. The van der Waals surface area contributed by atoms with Crippen molar-refractivity contribution in [3.05, 3.63) is 5.82 Å². The third kappa shape index (κ3) is 3.72. The van der Waals surface area contributed by atoms with E-state index in [1.165, 1.54) is 0 Å². The minimum absolute atomic E-state index is 0.677. The van der Waals surface area contributed by atoms with Gasteiger partial charge >= 0.3 is 0 Å². The first kappa shape index (κ1) is 12.4. The maximum atomic E-state index is 5.49. The number of aromatic nitrogens is 4.